The number of hydrogen-bond acceptors (Lipinski definition) is 2. The molecule has 0 saturated heterocycles. The topological polar surface area (TPSA) is 46.5 Å². The minimum atomic E-state index is -0.944. The van der Waals surface area contributed by atoms with Crippen LogP contribution in [0.4, 0.5) is 0 Å². The lowest BCUT2D eigenvalue weighted by Crippen LogP contribution is -2.00. The molecule has 1 aliphatic rings. The molecule has 0 unspecified atom stereocenters. The lowest BCUT2D eigenvalue weighted by Gasteiger charge is -2.09. The summed E-state index contributed by atoms with van der Waals surface area (Å²) in [6.45, 7) is 2.69. The first-order valence-electron chi connectivity index (χ1n) is 6.29. The van der Waals surface area contributed by atoms with E-state index in [9.17, 15) is 4.79 Å². The number of carboxylic acids is 1. The molecule has 0 bridgehead atoms. The molecular formula is C15H18O3. The molecule has 0 atom stereocenters. The Morgan fingerprint density at radius 3 is 2.94 bits per heavy atom. The molecule has 3 nitrogen and oxygen atoms in total. The van der Waals surface area contributed by atoms with Gasteiger partial charge in [0, 0.05) is 11.6 Å². The fourth-order valence-electron chi connectivity index (χ4n) is 1.83. The van der Waals surface area contributed by atoms with Gasteiger partial charge in [-0.1, -0.05) is 24.5 Å². The Morgan fingerprint density at radius 2 is 2.28 bits per heavy atom. The number of aliphatic carboxylic acids is 1. The fraction of sp³-hybridized carbons (Fsp3) is 0.400. The van der Waals surface area contributed by atoms with Crippen molar-refractivity contribution in [3.05, 3.63) is 35.4 Å². The van der Waals surface area contributed by atoms with Crippen LogP contribution < -0.4 is 4.74 Å². The second-order valence-electron chi connectivity index (χ2n) is 4.79. The maximum atomic E-state index is 10.6. The Morgan fingerprint density at radius 1 is 1.50 bits per heavy atom. The predicted octanol–water partition coefficient (Wildman–Crippen LogP) is 3.27. The van der Waals surface area contributed by atoms with E-state index in [-0.39, 0.29) is 0 Å². The highest BCUT2D eigenvalue weighted by atomic mass is 16.5. The van der Waals surface area contributed by atoms with Crippen molar-refractivity contribution in [1.29, 1.82) is 0 Å². The van der Waals surface area contributed by atoms with Crippen LogP contribution in [0.3, 0.4) is 0 Å². The molecule has 0 radical (unpaired) electrons. The van der Waals surface area contributed by atoms with Gasteiger partial charge in [0.2, 0.25) is 0 Å². The third-order valence-corrected chi connectivity index (χ3v) is 3.05. The van der Waals surface area contributed by atoms with Gasteiger partial charge in [-0.05, 0) is 37.5 Å². The summed E-state index contributed by atoms with van der Waals surface area (Å²) in [4.78, 5) is 10.6. The van der Waals surface area contributed by atoms with Crippen molar-refractivity contribution in [3.63, 3.8) is 0 Å². The smallest absolute Gasteiger partial charge is 0.328 e. The number of rotatable bonds is 6. The second kappa shape index (κ2) is 5.71. The number of carbonyl (C=O) groups is 1. The molecular weight excluding hydrogens is 228 g/mol. The molecule has 2 rings (SSSR count). The van der Waals surface area contributed by atoms with Gasteiger partial charge in [-0.25, -0.2) is 4.79 Å². The molecule has 96 valence electrons. The van der Waals surface area contributed by atoms with Crippen LogP contribution >= 0.6 is 0 Å². The molecule has 1 aromatic carbocycles. The molecule has 1 fully saturated rings. The van der Waals surface area contributed by atoms with Gasteiger partial charge in [0.15, 0.2) is 0 Å². The molecule has 0 heterocycles. The lowest BCUT2D eigenvalue weighted by molar-refractivity contribution is -0.131. The van der Waals surface area contributed by atoms with Crippen LogP contribution in [0.2, 0.25) is 0 Å². The van der Waals surface area contributed by atoms with E-state index in [1.807, 2.05) is 25.1 Å². The Bertz CT molecular complexity index is 459. The zero-order valence-corrected chi connectivity index (χ0v) is 10.6. The van der Waals surface area contributed by atoms with Gasteiger partial charge in [0.25, 0.3) is 0 Å². The Labute approximate surface area is 107 Å². The Kier molecular flexibility index (Phi) is 4.03. The van der Waals surface area contributed by atoms with E-state index in [2.05, 4.69) is 0 Å². The zero-order valence-electron chi connectivity index (χ0n) is 10.6. The van der Waals surface area contributed by atoms with Crippen LogP contribution in [0.15, 0.2) is 24.3 Å². The van der Waals surface area contributed by atoms with Gasteiger partial charge < -0.3 is 9.84 Å². The molecule has 0 aromatic heterocycles. The number of carboxylic acid groups (broad SMARTS) is 1. The third-order valence-electron chi connectivity index (χ3n) is 3.05. The number of aryl methyl sites for hydroxylation is 1. The van der Waals surface area contributed by atoms with Gasteiger partial charge >= 0.3 is 5.97 Å². The average Bonchev–Trinajstić information content (AvgIpc) is 3.13. The first kappa shape index (κ1) is 12.7. The van der Waals surface area contributed by atoms with Crippen molar-refractivity contribution in [3.8, 4) is 5.75 Å². The minimum Gasteiger partial charge on any atom is -0.493 e. The van der Waals surface area contributed by atoms with Crippen molar-refractivity contribution < 1.29 is 14.6 Å². The maximum absolute atomic E-state index is 10.6. The summed E-state index contributed by atoms with van der Waals surface area (Å²) in [5.41, 5.74) is 1.92. The highest BCUT2D eigenvalue weighted by Crippen LogP contribution is 2.32. The summed E-state index contributed by atoms with van der Waals surface area (Å²) >= 11 is 0. The normalized spacial score (nSPS) is 14.9. The number of ether oxygens (including phenoxy) is 1. The summed E-state index contributed by atoms with van der Waals surface area (Å²) < 4.78 is 5.73. The van der Waals surface area contributed by atoms with Crippen LogP contribution in [-0.2, 0) is 4.79 Å². The molecule has 1 aromatic rings. The van der Waals surface area contributed by atoms with Gasteiger partial charge in [-0.3, -0.25) is 0 Å². The van der Waals surface area contributed by atoms with Gasteiger partial charge in [0.05, 0.1) is 6.61 Å². The van der Waals surface area contributed by atoms with E-state index in [1.165, 1.54) is 12.8 Å². The summed E-state index contributed by atoms with van der Waals surface area (Å²) in [7, 11) is 0. The largest absolute Gasteiger partial charge is 0.493 e. The molecule has 1 aliphatic carbocycles. The van der Waals surface area contributed by atoms with Crippen molar-refractivity contribution in [2.75, 3.05) is 6.61 Å². The highest BCUT2D eigenvalue weighted by Gasteiger charge is 2.20. The van der Waals surface area contributed by atoms with E-state index in [4.69, 9.17) is 9.84 Å². The predicted molar refractivity (Wildman–Crippen MR) is 70.7 cm³/mol. The quantitative estimate of drug-likeness (QED) is 0.783. The minimum absolute atomic E-state index is 0.710. The van der Waals surface area contributed by atoms with Crippen LogP contribution in [0.1, 0.15) is 30.4 Å². The number of hydrogen-bond donors (Lipinski definition) is 1. The monoisotopic (exact) mass is 246 g/mol. The fourth-order valence-corrected chi connectivity index (χ4v) is 1.83. The first-order chi connectivity index (χ1) is 8.65. The SMILES string of the molecule is Cc1ccc(OCCC2CC2)c(C=CC(=O)O)c1. The molecule has 1 N–H and O–H groups in total. The van der Waals surface area contributed by atoms with Crippen LogP contribution in [0, 0.1) is 12.8 Å². The van der Waals surface area contributed by atoms with E-state index in [1.54, 1.807) is 6.08 Å². The maximum Gasteiger partial charge on any atom is 0.328 e. The average molecular weight is 246 g/mol. The van der Waals surface area contributed by atoms with Crippen molar-refractivity contribution in [1.82, 2.24) is 0 Å². The lowest BCUT2D eigenvalue weighted by atomic mass is 10.1. The molecule has 18 heavy (non-hydrogen) atoms. The molecule has 0 aliphatic heterocycles. The van der Waals surface area contributed by atoms with Crippen molar-refractivity contribution >= 4 is 12.0 Å². The molecule has 1 saturated carbocycles. The van der Waals surface area contributed by atoms with Gasteiger partial charge in [-0.15, -0.1) is 0 Å². The van der Waals surface area contributed by atoms with Crippen LogP contribution in [0.25, 0.3) is 6.08 Å². The van der Waals surface area contributed by atoms with Crippen molar-refractivity contribution in [2.24, 2.45) is 5.92 Å². The zero-order chi connectivity index (χ0) is 13.0. The number of benzene rings is 1. The summed E-state index contributed by atoms with van der Waals surface area (Å²) in [6.07, 6.45) is 6.46. The van der Waals surface area contributed by atoms with E-state index >= 15 is 0 Å². The molecule has 0 amide bonds. The second-order valence-corrected chi connectivity index (χ2v) is 4.79. The van der Waals surface area contributed by atoms with E-state index in [0.29, 0.717) is 6.61 Å². The summed E-state index contributed by atoms with van der Waals surface area (Å²) in [6, 6.07) is 5.82. The molecule has 0 spiro atoms. The van der Waals surface area contributed by atoms with E-state index < -0.39 is 5.97 Å². The standard InChI is InChI=1S/C15H18O3/c1-11-2-6-14(18-9-8-12-3-4-12)13(10-11)5-7-15(16)17/h2,5-7,10,12H,3-4,8-9H2,1H3,(H,16,17). The Balaban J connectivity index is 2.03. The van der Waals surface area contributed by atoms with E-state index in [0.717, 1.165) is 35.3 Å². The van der Waals surface area contributed by atoms with Crippen LogP contribution in [-0.4, -0.2) is 17.7 Å². The highest BCUT2D eigenvalue weighted by molar-refractivity contribution is 5.85. The molecule has 3 heteroatoms. The van der Waals surface area contributed by atoms with Crippen molar-refractivity contribution in [2.45, 2.75) is 26.2 Å². The third kappa shape index (κ3) is 3.91. The van der Waals surface area contributed by atoms with Crippen LogP contribution in [0.5, 0.6) is 5.75 Å². The van der Waals surface area contributed by atoms with Gasteiger partial charge in [0.1, 0.15) is 5.75 Å². The summed E-state index contributed by atoms with van der Waals surface area (Å²) in [5.74, 6) is 0.660. The Hall–Kier alpha value is -1.77. The first-order valence-corrected chi connectivity index (χ1v) is 6.29. The van der Waals surface area contributed by atoms with Gasteiger partial charge in [-0.2, -0.15) is 0 Å². The summed E-state index contributed by atoms with van der Waals surface area (Å²) in [5, 5.41) is 8.66.